The standard InChI is InChI=1S/C16H20N4O3S/c21-16(18-15-8-9-17-19-15)14-7-4-10-20(11-14)24(22,23)12-13-5-2-1-3-6-13/h1-3,5-6,8-9,14H,4,7,10-12H2,(H2,17,18,19,21). The number of nitrogens with one attached hydrogen (secondary N) is 2. The average Bonchev–Trinajstić information content (AvgIpc) is 3.08. The Morgan fingerprint density at radius 2 is 2.08 bits per heavy atom. The predicted molar refractivity (Wildman–Crippen MR) is 90.6 cm³/mol. The monoisotopic (exact) mass is 348 g/mol. The van der Waals surface area contributed by atoms with Crippen molar-refractivity contribution in [1.82, 2.24) is 14.5 Å². The van der Waals surface area contributed by atoms with Gasteiger partial charge in [-0.1, -0.05) is 30.3 Å². The Balaban J connectivity index is 1.65. The van der Waals surface area contributed by atoms with Crippen LogP contribution < -0.4 is 5.32 Å². The SMILES string of the molecule is O=C(Nc1ccn[nH]1)C1CCCN(S(=O)(=O)Cc2ccccc2)C1. The van der Waals surface area contributed by atoms with Crippen molar-refractivity contribution in [2.45, 2.75) is 18.6 Å². The molecule has 1 aromatic heterocycles. The van der Waals surface area contributed by atoms with Crippen LogP contribution in [0.5, 0.6) is 0 Å². The molecule has 0 aliphatic carbocycles. The molecule has 0 radical (unpaired) electrons. The van der Waals surface area contributed by atoms with E-state index >= 15 is 0 Å². The van der Waals surface area contributed by atoms with E-state index in [9.17, 15) is 13.2 Å². The number of hydrogen-bond donors (Lipinski definition) is 2. The lowest BCUT2D eigenvalue weighted by Gasteiger charge is -2.31. The number of carbonyl (C=O) groups excluding carboxylic acids is 1. The molecule has 2 heterocycles. The Hall–Kier alpha value is -2.19. The summed E-state index contributed by atoms with van der Waals surface area (Å²) in [6, 6.07) is 10.7. The molecule has 1 aromatic carbocycles. The Morgan fingerprint density at radius 3 is 2.79 bits per heavy atom. The van der Waals surface area contributed by atoms with Crippen LogP contribution in [0.15, 0.2) is 42.6 Å². The minimum atomic E-state index is -3.43. The summed E-state index contributed by atoms with van der Waals surface area (Å²) >= 11 is 0. The van der Waals surface area contributed by atoms with Gasteiger partial charge in [-0.2, -0.15) is 5.10 Å². The highest BCUT2D eigenvalue weighted by molar-refractivity contribution is 7.88. The number of benzene rings is 1. The van der Waals surface area contributed by atoms with Crippen molar-refractivity contribution in [1.29, 1.82) is 0 Å². The van der Waals surface area contributed by atoms with Gasteiger partial charge in [-0.05, 0) is 18.4 Å². The number of H-pyrrole nitrogens is 1. The first-order valence-electron chi connectivity index (χ1n) is 7.86. The third-order valence-corrected chi connectivity index (χ3v) is 5.92. The molecule has 1 amide bonds. The summed E-state index contributed by atoms with van der Waals surface area (Å²) in [5, 5.41) is 9.18. The summed E-state index contributed by atoms with van der Waals surface area (Å²) in [5.74, 6) is -0.0568. The summed E-state index contributed by atoms with van der Waals surface area (Å²) in [6.45, 7) is 0.679. The number of aromatic nitrogens is 2. The van der Waals surface area contributed by atoms with Crippen LogP contribution in [0.3, 0.4) is 0 Å². The van der Waals surface area contributed by atoms with E-state index in [1.807, 2.05) is 18.2 Å². The second kappa shape index (κ2) is 7.14. The lowest BCUT2D eigenvalue weighted by atomic mass is 9.99. The number of nitrogens with zero attached hydrogens (tertiary/aromatic N) is 2. The van der Waals surface area contributed by atoms with E-state index in [1.165, 1.54) is 4.31 Å². The van der Waals surface area contributed by atoms with Gasteiger partial charge in [0, 0.05) is 19.2 Å². The number of sulfonamides is 1. The van der Waals surface area contributed by atoms with Crippen LogP contribution in [-0.2, 0) is 20.6 Å². The molecule has 0 bridgehead atoms. The Bertz CT molecular complexity index is 775. The fourth-order valence-corrected chi connectivity index (χ4v) is 4.46. The van der Waals surface area contributed by atoms with Crippen LogP contribution in [0.4, 0.5) is 5.82 Å². The summed E-state index contributed by atoms with van der Waals surface area (Å²) in [6.07, 6.45) is 2.90. The quantitative estimate of drug-likeness (QED) is 0.858. The average molecular weight is 348 g/mol. The highest BCUT2D eigenvalue weighted by atomic mass is 32.2. The van der Waals surface area contributed by atoms with E-state index in [2.05, 4.69) is 15.5 Å². The molecule has 128 valence electrons. The number of rotatable bonds is 5. The van der Waals surface area contributed by atoms with Crippen molar-refractivity contribution < 1.29 is 13.2 Å². The van der Waals surface area contributed by atoms with E-state index < -0.39 is 10.0 Å². The first-order chi connectivity index (χ1) is 11.5. The van der Waals surface area contributed by atoms with Gasteiger partial charge in [0.2, 0.25) is 15.9 Å². The van der Waals surface area contributed by atoms with E-state index in [0.29, 0.717) is 25.2 Å². The molecule has 0 saturated carbocycles. The molecule has 1 saturated heterocycles. The lowest BCUT2D eigenvalue weighted by Crippen LogP contribution is -2.44. The highest BCUT2D eigenvalue weighted by Gasteiger charge is 2.32. The Morgan fingerprint density at radius 1 is 1.29 bits per heavy atom. The van der Waals surface area contributed by atoms with Crippen LogP contribution in [-0.4, -0.2) is 41.9 Å². The normalized spacial score (nSPS) is 19.1. The van der Waals surface area contributed by atoms with Crippen LogP contribution in [0, 0.1) is 5.92 Å². The third kappa shape index (κ3) is 4.01. The van der Waals surface area contributed by atoms with Gasteiger partial charge in [0.05, 0.1) is 17.9 Å². The minimum Gasteiger partial charge on any atom is -0.311 e. The Kier molecular flexibility index (Phi) is 4.96. The number of piperidine rings is 1. The summed E-state index contributed by atoms with van der Waals surface area (Å²) in [4.78, 5) is 12.3. The summed E-state index contributed by atoms with van der Waals surface area (Å²) in [7, 11) is -3.43. The van der Waals surface area contributed by atoms with Crippen molar-refractivity contribution in [2.24, 2.45) is 5.92 Å². The summed E-state index contributed by atoms with van der Waals surface area (Å²) in [5.41, 5.74) is 0.751. The number of anilines is 1. The third-order valence-electron chi connectivity index (χ3n) is 4.10. The van der Waals surface area contributed by atoms with E-state index in [1.54, 1.807) is 24.4 Å². The van der Waals surface area contributed by atoms with Gasteiger partial charge in [-0.3, -0.25) is 9.89 Å². The zero-order valence-electron chi connectivity index (χ0n) is 13.2. The molecule has 24 heavy (non-hydrogen) atoms. The van der Waals surface area contributed by atoms with Crippen LogP contribution in [0.2, 0.25) is 0 Å². The van der Waals surface area contributed by atoms with Crippen molar-refractivity contribution in [3.05, 3.63) is 48.2 Å². The number of aromatic amines is 1. The van der Waals surface area contributed by atoms with Gasteiger partial charge >= 0.3 is 0 Å². The van der Waals surface area contributed by atoms with Gasteiger partial charge < -0.3 is 5.32 Å². The first kappa shape index (κ1) is 16.7. The Labute approximate surface area is 141 Å². The van der Waals surface area contributed by atoms with Crippen molar-refractivity contribution in [3.63, 3.8) is 0 Å². The molecule has 2 aromatic rings. The zero-order valence-corrected chi connectivity index (χ0v) is 14.0. The van der Waals surface area contributed by atoms with Crippen molar-refractivity contribution in [3.8, 4) is 0 Å². The smallest absolute Gasteiger partial charge is 0.229 e. The fourth-order valence-electron chi connectivity index (χ4n) is 2.85. The van der Waals surface area contributed by atoms with Crippen LogP contribution in [0.25, 0.3) is 0 Å². The largest absolute Gasteiger partial charge is 0.311 e. The minimum absolute atomic E-state index is 0.0390. The molecule has 7 nitrogen and oxygen atoms in total. The maximum Gasteiger partial charge on any atom is 0.229 e. The molecule has 2 N–H and O–H groups in total. The number of hydrogen-bond acceptors (Lipinski definition) is 4. The van der Waals surface area contributed by atoms with Gasteiger partial charge in [-0.15, -0.1) is 0 Å². The second-order valence-corrected chi connectivity index (χ2v) is 7.87. The van der Waals surface area contributed by atoms with E-state index in [4.69, 9.17) is 0 Å². The van der Waals surface area contributed by atoms with Gasteiger partial charge in [-0.25, -0.2) is 12.7 Å². The predicted octanol–water partition coefficient (Wildman–Crippen LogP) is 1.59. The molecule has 1 atom stereocenters. The van der Waals surface area contributed by atoms with Crippen LogP contribution >= 0.6 is 0 Å². The molecule has 1 aliphatic heterocycles. The molecule has 1 unspecified atom stereocenters. The molecule has 1 fully saturated rings. The van der Waals surface area contributed by atoms with Crippen LogP contribution in [0.1, 0.15) is 18.4 Å². The molecule has 0 spiro atoms. The maximum absolute atomic E-state index is 12.6. The maximum atomic E-state index is 12.6. The second-order valence-electron chi connectivity index (χ2n) is 5.90. The zero-order chi connectivity index (χ0) is 17.0. The van der Waals surface area contributed by atoms with E-state index in [0.717, 1.165) is 5.56 Å². The number of carbonyl (C=O) groups is 1. The fraction of sp³-hybridized carbons (Fsp3) is 0.375. The lowest BCUT2D eigenvalue weighted by molar-refractivity contribution is -0.120. The molecular formula is C16H20N4O3S. The summed E-state index contributed by atoms with van der Waals surface area (Å²) < 4.78 is 26.7. The molecule has 1 aliphatic rings. The molecular weight excluding hydrogens is 328 g/mol. The molecule has 8 heteroatoms. The van der Waals surface area contributed by atoms with Gasteiger partial charge in [0.1, 0.15) is 5.82 Å². The number of amides is 1. The molecule has 3 rings (SSSR count). The first-order valence-corrected chi connectivity index (χ1v) is 9.47. The van der Waals surface area contributed by atoms with E-state index in [-0.39, 0.29) is 24.1 Å². The van der Waals surface area contributed by atoms with Gasteiger partial charge in [0.15, 0.2) is 0 Å². The highest BCUT2D eigenvalue weighted by Crippen LogP contribution is 2.22. The van der Waals surface area contributed by atoms with Gasteiger partial charge in [0.25, 0.3) is 0 Å². The van der Waals surface area contributed by atoms with Crippen molar-refractivity contribution >= 4 is 21.7 Å². The van der Waals surface area contributed by atoms with Crippen molar-refractivity contribution in [2.75, 3.05) is 18.4 Å². The topological polar surface area (TPSA) is 95.2 Å².